The number of benzene rings is 2. The van der Waals surface area contributed by atoms with E-state index in [1.54, 1.807) is 0 Å². The first-order valence-electron chi connectivity index (χ1n) is 4.93. The first kappa shape index (κ1) is 9.02. The summed E-state index contributed by atoms with van der Waals surface area (Å²) >= 11 is 0. The maximum atomic E-state index is 11.3. The highest BCUT2D eigenvalue weighted by atomic mass is 31.1. The quantitative estimate of drug-likeness (QED) is 0.745. The molecule has 2 nitrogen and oxygen atoms in total. The summed E-state index contributed by atoms with van der Waals surface area (Å²) in [5.74, 6) is 0. The minimum atomic E-state index is -2.12. The molecule has 0 saturated heterocycles. The molecular weight excluding hydrogens is 207 g/mol. The number of rotatable bonds is 1. The molecule has 2 aromatic carbocycles. The predicted octanol–water partition coefficient (Wildman–Crippen LogP) is 3.17. The van der Waals surface area contributed by atoms with Crippen molar-refractivity contribution in [2.24, 2.45) is 0 Å². The summed E-state index contributed by atoms with van der Waals surface area (Å²) in [6.45, 7) is 0. The highest BCUT2D eigenvalue weighted by molar-refractivity contribution is 7.38. The molecule has 0 bridgehead atoms. The summed E-state index contributed by atoms with van der Waals surface area (Å²) in [5, 5.41) is 2.35. The number of hydrogen-bond acceptors (Lipinski definition) is 1. The topological polar surface area (TPSA) is 37.3 Å². The maximum Gasteiger partial charge on any atom is 0.513 e. The Morgan fingerprint density at radius 2 is 1.93 bits per heavy atom. The van der Waals surface area contributed by atoms with Gasteiger partial charge in [-0.2, -0.15) is 4.89 Å². The summed E-state index contributed by atoms with van der Waals surface area (Å²) in [5.41, 5.74) is 2.03. The Morgan fingerprint density at radius 3 is 2.67 bits per heavy atom. The minimum absolute atomic E-state index is 0.207. The molecule has 2 atom stereocenters. The van der Waals surface area contributed by atoms with Gasteiger partial charge in [0, 0.05) is 12.0 Å². The van der Waals surface area contributed by atoms with Crippen molar-refractivity contribution in [1.29, 1.82) is 0 Å². The van der Waals surface area contributed by atoms with Gasteiger partial charge in [0.05, 0.1) is 0 Å². The van der Waals surface area contributed by atoms with Gasteiger partial charge in [0.2, 0.25) is 5.66 Å². The second-order valence-electron chi connectivity index (χ2n) is 3.88. The van der Waals surface area contributed by atoms with Crippen molar-refractivity contribution in [3.05, 3.63) is 47.5 Å². The molecule has 0 aromatic heterocycles. The van der Waals surface area contributed by atoms with E-state index in [2.05, 4.69) is 12.1 Å². The van der Waals surface area contributed by atoms with Gasteiger partial charge < -0.3 is 0 Å². The minimum Gasteiger partial charge on any atom is -0.160 e. The molecule has 0 radical (unpaired) electrons. The van der Waals surface area contributed by atoms with Crippen LogP contribution in [0.3, 0.4) is 0 Å². The van der Waals surface area contributed by atoms with Gasteiger partial charge in [-0.3, -0.25) is 0 Å². The lowest BCUT2D eigenvalue weighted by atomic mass is 10.1. The molecule has 0 fully saturated rings. The standard InChI is InChI=1S/C12H9O2P/c13-15(14)11-7-9-5-1-3-8-4-2-6-10(11)12(8)9/h1-6,11H,7H2/p+1. The third-order valence-electron chi connectivity index (χ3n) is 3.06. The summed E-state index contributed by atoms with van der Waals surface area (Å²) in [7, 11) is -2.12. The lowest BCUT2D eigenvalue weighted by Gasteiger charge is -1.99. The van der Waals surface area contributed by atoms with Crippen LogP contribution in [-0.2, 0) is 11.0 Å². The predicted molar refractivity (Wildman–Crippen MR) is 60.2 cm³/mol. The molecule has 0 saturated carbocycles. The van der Waals surface area contributed by atoms with E-state index in [1.807, 2.05) is 24.3 Å². The van der Waals surface area contributed by atoms with E-state index in [0.29, 0.717) is 6.42 Å². The Kier molecular flexibility index (Phi) is 1.88. The van der Waals surface area contributed by atoms with Gasteiger partial charge in [-0.25, -0.2) is 0 Å². The molecular formula is C12H10O2P+. The Hall–Kier alpha value is -1.24. The fourth-order valence-electron chi connectivity index (χ4n) is 2.41. The van der Waals surface area contributed by atoms with E-state index in [-0.39, 0.29) is 5.66 Å². The monoisotopic (exact) mass is 217 g/mol. The highest BCUT2D eigenvalue weighted by Crippen LogP contribution is 2.48. The molecule has 0 amide bonds. The van der Waals surface area contributed by atoms with Crippen LogP contribution in [0.1, 0.15) is 16.8 Å². The van der Waals surface area contributed by atoms with Crippen LogP contribution in [0.25, 0.3) is 10.8 Å². The molecule has 1 aliphatic rings. The Balaban J connectivity index is 2.36. The smallest absolute Gasteiger partial charge is 0.160 e. The highest BCUT2D eigenvalue weighted by Gasteiger charge is 2.37. The molecule has 15 heavy (non-hydrogen) atoms. The van der Waals surface area contributed by atoms with Crippen molar-refractivity contribution in [2.45, 2.75) is 12.1 Å². The summed E-state index contributed by atoms with van der Waals surface area (Å²) in [6.07, 6.45) is 0.697. The molecule has 3 heteroatoms. The lowest BCUT2D eigenvalue weighted by molar-refractivity contribution is 0.491. The SMILES string of the molecule is O=[P+](O)C1Cc2cccc3cccc1c23. The Bertz CT molecular complexity index is 557. The van der Waals surface area contributed by atoms with Crippen LogP contribution in [0.5, 0.6) is 0 Å². The first-order chi connectivity index (χ1) is 7.27. The van der Waals surface area contributed by atoms with Gasteiger partial charge in [0.15, 0.2) is 0 Å². The fraction of sp³-hybridized carbons (Fsp3) is 0.167. The second kappa shape index (κ2) is 3.13. The van der Waals surface area contributed by atoms with Crippen LogP contribution in [0.15, 0.2) is 36.4 Å². The summed E-state index contributed by atoms with van der Waals surface area (Å²) in [4.78, 5) is 9.29. The Morgan fingerprint density at radius 1 is 1.20 bits per heavy atom. The van der Waals surface area contributed by atoms with Crippen molar-refractivity contribution in [2.75, 3.05) is 0 Å². The second-order valence-corrected chi connectivity index (χ2v) is 5.11. The van der Waals surface area contributed by atoms with Gasteiger partial charge in [-0.15, -0.1) is 0 Å². The van der Waals surface area contributed by atoms with Gasteiger partial charge in [-0.05, 0) is 20.9 Å². The molecule has 0 heterocycles. The molecule has 1 aliphatic carbocycles. The molecule has 1 N–H and O–H groups in total. The van der Waals surface area contributed by atoms with Crippen LogP contribution in [-0.4, -0.2) is 4.89 Å². The van der Waals surface area contributed by atoms with Crippen LogP contribution in [0, 0.1) is 0 Å². The van der Waals surface area contributed by atoms with Crippen LogP contribution < -0.4 is 0 Å². The largest absolute Gasteiger partial charge is 0.513 e. The zero-order valence-corrected chi connectivity index (χ0v) is 8.95. The van der Waals surface area contributed by atoms with E-state index in [4.69, 9.17) is 0 Å². The number of hydrogen-bond donors (Lipinski definition) is 1. The third-order valence-corrected chi connectivity index (χ3v) is 4.06. The van der Waals surface area contributed by atoms with Crippen molar-refractivity contribution in [3.8, 4) is 0 Å². The van der Waals surface area contributed by atoms with Crippen molar-refractivity contribution >= 4 is 18.8 Å². The van der Waals surface area contributed by atoms with E-state index < -0.39 is 8.03 Å². The summed E-state index contributed by atoms with van der Waals surface area (Å²) < 4.78 is 11.3. The molecule has 0 aliphatic heterocycles. The van der Waals surface area contributed by atoms with E-state index in [9.17, 15) is 9.46 Å². The van der Waals surface area contributed by atoms with E-state index >= 15 is 0 Å². The third kappa shape index (κ3) is 1.22. The summed E-state index contributed by atoms with van der Waals surface area (Å²) in [6, 6.07) is 12.1. The van der Waals surface area contributed by atoms with Crippen molar-refractivity contribution in [1.82, 2.24) is 0 Å². The molecule has 74 valence electrons. The zero-order chi connectivity index (χ0) is 10.4. The molecule has 2 aromatic rings. The lowest BCUT2D eigenvalue weighted by Crippen LogP contribution is -1.88. The average Bonchev–Trinajstić information content (AvgIpc) is 2.61. The normalized spacial score (nSPS) is 19.5. The van der Waals surface area contributed by atoms with Gasteiger partial charge >= 0.3 is 8.03 Å². The molecule has 3 rings (SSSR count). The van der Waals surface area contributed by atoms with Crippen LogP contribution in [0.2, 0.25) is 0 Å². The van der Waals surface area contributed by atoms with Crippen LogP contribution >= 0.6 is 8.03 Å². The van der Waals surface area contributed by atoms with Gasteiger partial charge in [0.1, 0.15) is 0 Å². The van der Waals surface area contributed by atoms with E-state index in [0.717, 1.165) is 5.56 Å². The van der Waals surface area contributed by atoms with Gasteiger partial charge in [-0.1, -0.05) is 36.4 Å². The fourth-order valence-corrected chi connectivity index (χ4v) is 3.22. The zero-order valence-electron chi connectivity index (χ0n) is 8.05. The molecule has 0 spiro atoms. The average molecular weight is 217 g/mol. The van der Waals surface area contributed by atoms with E-state index in [1.165, 1.54) is 16.3 Å². The van der Waals surface area contributed by atoms with Crippen LogP contribution in [0.4, 0.5) is 0 Å². The van der Waals surface area contributed by atoms with Crippen molar-refractivity contribution < 1.29 is 9.46 Å². The first-order valence-corrected chi connectivity index (χ1v) is 6.21. The Labute approximate surface area is 88.4 Å². The van der Waals surface area contributed by atoms with Gasteiger partial charge in [0.25, 0.3) is 0 Å². The molecule has 2 unspecified atom stereocenters. The maximum absolute atomic E-state index is 11.3. The van der Waals surface area contributed by atoms with Crippen molar-refractivity contribution in [3.63, 3.8) is 0 Å².